The molecule has 20 heavy (non-hydrogen) atoms. The van der Waals surface area contributed by atoms with Gasteiger partial charge in [-0.15, -0.1) is 0 Å². The molecular formula is C11H7Cl3N4O2. The van der Waals surface area contributed by atoms with Crippen LogP contribution in [-0.4, -0.2) is 14.9 Å². The molecule has 6 nitrogen and oxygen atoms in total. The van der Waals surface area contributed by atoms with E-state index in [-0.39, 0.29) is 23.3 Å². The van der Waals surface area contributed by atoms with Gasteiger partial charge in [0.15, 0.2) is 0 Å². The third kappa shape index (κ3) is 3.27. The van der Waals surface area contributed by atoms with E-state index in [4.69, 9.17) is 34.8 Å². The van der Waals surface area contributed by atoms with E-state index in [1.807, 2.05) is 0 Å². The Morgan fingerprint density at radius 3 is 2.45 bits per heavy atom. The monoisotopic (exact) mass is 332 g/mol. The van der Waals surface area contributed by atoms with Crippen LogP contribution in [0.5, 0.6) is 0 Å². The van der Waals surface area contributed by atoms with Crippen molar-refractivity contribution in [2.75, 3.05) is 5.32 Å². The highest BCUT2D eigenvalue weighted by molar-refractivity contribution is 6.36. The van der Waals surface area contributed by atoms with Crippen LogP contribution in [0.25, 0.3) is 0 Å². The molecule has 2 rings (SSSR count). The van der Waals surface area contributed by atoms with E-state index in [0.717, 1.165) is 6.20 Å². The maximum absolute atomic E-state index is 10.6. The van der Waals surface area contributed by atoms with Crippen molar-refractivity contribution in [1.29, 1.82) is 0 Å². The molecular weight excluding hydrogens is 327 g/mol. The van der Waals surface area contributed by atoms with Crippen LogP contribution in [0.3, 0.4) is 0 Å². The van der Waals surface area contributed by atoms with Crippen LogP contribution in [0.1, 0.15) is 5.56 Å². The molecule has 0 fully saturated rings. The summed E-state index contributed by atoms with van der Waals surface area (Å²) in [7, 11) is 0. The van der Waals surface area contributed by atoms with E-state index >= 15 is 0 Å². The standard InChI is InChI=1S/C11H7Cl3N4O2/c12-7-2-1-3-8(13)6(7)4-15-11-16-5-9(18(19)20)10(14)17-11/h1-3,5H,4H2,(H,15,16,17). The minimum Gasteiger partial charge on any atom is -0.350 e. The number of nitrogens with zero attached hydrogens (tertiary/aromatic N) is 3. The molecule has 0 aliphatic heterocycles. The predicted molar refractivity (Wildman–Crippen MR) is 77.5 cm³/mol. The van der Waals surface area contributed by atoms with Crippen molar-refractivity contribution < 1.29 is 4.92 Å². The third-order valence-corrected chi connectivity index (χ3v) is 3.39. The number of anilines is 1. The Bertz CT molecular complexity index is 646. The molecule has 104 valence electrons. The number of benzene rings is 1. The first-order valence-electron chi connectivity index (χ1n) is 5.32. The van der Waals surface area contributed by atoms with Crippen molar-refractivity contribution >= 4 is 46.4 Å². The maximum atomic E-state index is 10.6. The van der Waals surface area contributed by atoms with E-state index in [1.165, 1.54) is 0 Å². The Morgan fingerprint density at radius 2 is 1.90 bits per heavy atom. The summed E-state index contributed by atoms with van der Waals surface area (Å²) in [6.45, 7) is 0.270. The molecule has 0 aliphatic carbocycles. The Labute approximate surface area is 128 Å². The summed E-state index contributed by atoms with van der Waals surface area (Å²) in [5.41, 5.74) is 0.321. The topological polar surface area (TPSA) is 81.0 Å². The van der Waals surface area contributed by atoms with Gasteiger partial charge in [0, 0.05) is 22.2 Å². The van der Waals surface area contributed by atoms with Crippen molar-refractivity contribution in [2.45, 2.75) is 6.54 Å². The molecule has 9 heteroatoms. The van der Waals surface area contributed by atoms with Gasteiger partial charge in [0.05, 0.1) is 4.92 Å². The van der Waals surface area contributed by atoms with Gasteiger partial charge in [0.2, 0.25) is 11.1 Å². The molecule has 2 aromatic rings. The molecule has 0 amide bonds. The molecule has 0 saturated heterocycles. The molecule has 0 radical (unpaired) electrons. The van der Waals surface area contributed by atoms with Gasteiger partial charge in [0.1, 0.15) is 6.20 Å². The molecule has 1 heterocycles. The Balaban J connectivity index is 2.16. The van der Waals surface area contributed by atoms with Crippen LogP contribution in [0.15, 0.2) is 24.4 Å². The van der Waals surface area contributed by atoms with Gasteiger partial charge in [0.25, 0.3) is 0 Å². The summed E-state index contributed by atoms with van der Waals surface area (Å²) >= 11 is 17.7. The van der Waals surface area contributed by atoms with E-state index in [1.54, 1.807) is 18.2 Å². The second-order valence-corrected chi connectivity index (χ2v) is 4.85. The zero-order valence-electron chi connectivity index (χ0n) is 9.81. The highest BCUT2D eigenvalue weighted by Crippen LogP contribution is 2.25. The summed E-state index contributed by atoms with van der Waals surface area (Å²) in [5.74, 6) is 0.150. The third-order valence-electron chi connectivity index (χ3n) is 2.41. The quantitative estimate of drug-likeness (QED) is 0.520. The number of aromatic nitrogens is 2. The average Bonchev–Trinajstić information content (AvgIpc) is 2.37. The van der Waals surface area contributed by atoms with Crippen molar-refractivity contribution in [1.82, 2.24) is 9.97 Å². The number of hydrogen-bond donors (Lipinski definition) is 1. The predicted octanol–water partition coefficient (Wildman–Crippen LogP) is 3.96. The summed E-state index contributed by atoms with van der Waals surface area (Å²) in [4.78, 5) is 17.5. The fraction of sp³-hybridized carbons (Fsp3) is 0.0909. The molecule has 0 saturated carbocycles. The van der Waals surface area contributed by atoms with Gasteiger partial charge in [-0.25, -0.2) is 4.98 Å². The van der Waals surface area contributed by atoms with Crippen molar-refractivity contribution in [3.05, 3.63) is 55.3 Å². The Hall–Kier alpha value is -1.63. The summed E-state index contributed by atoms with van der Waals surface area (Å²) < 4.78 is 0. The summed E-state index contributed by atoms with van der Waals surface area (Å²) in [5, 5.41) is 14.2. The molecule has 0 atom stereocenters. The van der Waals surface area contributed by atoms with Crippen LogP contribution in [-0.2, 0) is 6.54 Å². The van der Waals surface area contributed by atoms with Crippen LogP contribution >= 0.6 is 34.8 Å². The lowest BCUT2D eigenvalue weighted by atomic mass is 10.2. The maximum Gasteiger partial charge on any atom is 0.324 e. The number of hydrogen-bond acceptors (Lipinski definition) is 5. The van der Waals surface area contributed by atoms with Crippen molar-refractivity contribution in [2.24, 2.45) is 0 Å². The lowest BCUT2D eigenvalue weighted by Gasteiger charge is -2.08. The highest BCUT2D eigenvalue weighted by atomic mass is 35.5. The van der Waals surface area contributed by atoms with Gasteiger partial charge < -0.3 is 5.32 Å². The Morgan fingerprint density at radius 1 is 1.25 bits per heavy atom. The number of halogens is 3. The smallest absolute Gasteiger partial charge is 0.324 e. The van der Waals surface area contributed by atoms with E-state index in [2.05, 4.69) is 15.3 Å². The first kappa shape index (κ1) is 14.8. The second-order valence-electron chi connectivity index (χ2n) is 3.68. The Kier molecular flexibility index (Phi) is 4.59. The van der Waals surface area contributed by atoms with Gasteiger partial charge in [-0.1, -0.05) is 40.9 Å². The normalized spacial score (nSPS) is 10.3. The summed E-state index contributed by atoms with van der Waals surface area (Å²) in [6, 6.07) is 5.13. The largest absolute Gasteiger partial charge is 0.350 e. The van der Waals surface area contributed by atoms with Gasteiger partial charge in [-0.3, -0.25) is 10.1 Å². The molecule has 1 aromatic heterocycles. The lowest BCUT2D eigenvalue weighted by Crippen LogP contribution is -2.05. The van der Waals surface area contributed by atoms with E-state index in [9.17, 15) is 10.1 Å². The molecule has 1 N–H and O–H groups in total. The number of nitro groups is 1. The minimum absolute atomic E-state index is 0.150. The number of nitrogens with one attached hydrogen (secondary N) is 1. The fourth-order valence-electron chi connectivity index (χ4n) is 1.43. The van der Waals surface area contributed by atoms with E-state index in [0.29, 0.717) is 15.6 Å². The molecule has 1 aromatic carbocycles. The van der Waals surface area contributed by atoms with Gasteiger partial charge in [-0.05, 0) is 12.1 Å². The SMILES string of the molecule is O=[N+]([O-])c1cnc(NCc2c(Cl)cccc2Cl)nc1Cl. The first-order valence-corrected chi connectivity index (χ1v) is 6.46. The van der Waals surface area contributed by atoms with Crippen LogP contribution in [0, 0.1) is 10.1 Å². The number of rotatable bonds is 4. The van der Waals surface area contributed by atoms with Crippen LogP contribution in [0.4, 0.5) is 11.6 Å². The van der Waals surface area contributed by atoms with Crippen molar-refractivity contribution in [3.63, 3.8) is 0 Å². The highest BCUT2D eigenvalue weighted by Gasteiger charge is 2.15. The molecule has 0 aliphatic rings. The minimum atomic E-state index is -0.656. The fourth-order valence-corrected chi connectivity index (χ4v) is 2.16. The van der Waals surface area contributed by atoms with Crippen LogP contribution < -0.4 is 5.32 Å². The summed E-state index contributed by atoms with van der Waals surface area (Å²) in [6.07, 6.45) is 1.03. The average molecular weight is 334 g/mol. The van der Waals surface area contributed by atoms with Gasteiger partial charge >= 0.3 is 5.69 Å². The van der Waals surface area contributed by atoms with Crippen LogP contribution in [0.2, 0.25) is 15.2 Å². The zero-order chi connectivity index (χ0) is 14.7. The lowest BCUT2D eigenvalue weighted by molar-refractivity contribution is -0.385. The molecule has 0 bridgehead atoms. The second kappa shape index (κ2) is 6.21. The molecule has 0 spiro atoms. The van der Waals surface area contributed by atoms with Gasteiger partial charge in [-0.2, -0.15) is 4.98 Å². The molecule has 0 unspecified atom stereocenters. The van der Waals surface area contributed by atoms with E-state index < -0.39 is 4.92 Å². The van der Waals surface area contributed by atoms with Crippen molar-refractivity contribution in [3.8, 4) is 0 Å². The first-order chi connectivity index (χ1) is 9.49. The zero-order valence-corrected chi connectivity index (χ0v) is 12.1.